The van der Waals surface area contributed by atoms with E-state index in [9.17, 15) is 14.9 Å². The summed E-state index contributed by atoms with van der Waals surface area (Å²) >= 11 is 0. The van der Waals surface area contributed by atoms with Crippen molar-refractivity contribution in [2.45, 2.75) is 6.92 Å². The Labute approximate surface area is 121 Å². The lowest BCUT2D eigenvalue weighted by molar-refractivity contribution is -0.385. The first-order valence-corrected chi connectivity index (χ1v) is 6.35. The number of nitrogens with one attached hydrogen (secondary N) is 2. The fourth-order valence-electron chi connectivity index (χ4n) is 1.82. The van der Waals surface area contributed by atoms with Crippen LogP contribution in [0.25, 0.3) is 0 Å². The number of amides is 1. The predicted octanol–water partition coefficient (Wildman–Crippen LogP) is 2.67. The lowest BCUT2D eigenvalue weighted by atomic mass is 10.1. The van der Waals surface area contributed by atoms with Gasteiger partial charge in [0.05, 0.1) is 4.92 Å². The molecule has 7 heteroatoms. The van der Waals surface area contributed by atoms with Gasteiger partial charge in [-0.15, -0.1) is 0 Å². The molecule has 0 atom stereocenters. The highest BCUT2D eigenvalue weighted by Gasteiger charge is 2.20. The highest BCUT2D eigenvalue weighted by molar-refractivity contribution is 6.07. The Morgan fingerprint density at radius 1 is 1.24 bits per heavy atom. The molecule has 0 aliphatic carbocycles. The van der Waals surface area contributed by atoms with Crippen molar-refractivity contribution in [3.63, 3.8) is 0 Å². The van der Waals surface area contributed by atoms with E-state index in [0.717, 1.165) is 0 Å². The summed E-state index contributed by atoms with van der Waals surface area (Å²) in [5.41, 5.74) is 0.958. The van der Waals surface area contributed by atoms with E-state index < -0.39 is 10.8 Å². The second-order valence-corrected chi connectivity index (χ2v) is 4.21. The lowest BCUT2D eigenvalue weighted by Crippen LogP contribution is -2.14. The van der Waals surface area contributed by atoms with Gasteiger partial charge in [0.15, 0.2) is 0 Å². The van der Waals surface area contributed by atoms with Crippen molar-refractivity contribution in [2.75, 3.05) is 17.2 Å². The zero-order valence-corrected chi connectivity index (χ0v) is 11.4. The first kappa shape index (κ1) is 14.4. The zero-order valence-electron chi connectivity index (χ0n) is 11.4. The van der Waals surface area contributed by atoms with Crippen LogP contribution >= 0.6 is 0 Å². The van der Waals surface area contributed by atoms with Crippen LogP contribution in [0.4, 0.5) is 17.1 Å². The molecule has 0 bridgehead atoms. The molecule has 21 heavy (non-hydrogen) atoms. The van der Waals surface area contributed by atoms with Crippen LogP contribution in [0, 0.1) is 10.1 Å². The van der Waals surface area contributed by atoms with Crippen molar-refractivity contribution in [3.05, 3.63) is 58.4 Å². The van der Waals surface area contributed by atoms with Gasteiger partial charge in [0.1, 0.15) is 5.56 Å². The predicted molar refractivity (Wildman–Crippen MR) is 79.5 cm³/mol. The normalized spacial score (nSPS) is 9.95. The van der Waals surface area contributed by atoms with Crippen LogP contribution < -0.4 is 10.6 Å². The summed E-state index contributed by atoms with van der Waals surface area (Å²) in [7, 11) is 0. The van der Waals surface area contributed by atoms with E-state index in [1.165, 1.54) is 24.5 Å². The molecule has 0 radical (unpaired) electrons. The van der Waals surface area contributed by atoms with E-state index in [2.05, 4.69) is 15.6 Å². The van der Waals surface area contributed by atoms with Crippen LogP contribution in [0.5, 0.6) is 0 Å². The van der Waals surface area contributed by atoms with Gasteiger partial charge >= 0.3 is 0 Å². The van der Waals surface area contributed by atoms with Crippen LogP contribution in [-0.4, -0.2) is 22.4 Å². The van der Waals surface area contributed by atoms with Gasteiger partial charge in [0, 0.05) is 36.4 Å². The van der Waals surface area contributed by atoms with Gasteiger partial charge in [-0.3, -0.25) is 19.9 Å². The molecule has 0 spiro atoms. The van der Waals surface area contributed by atoms with Crippen LogP contribution in [0.15, 0.2) is 42.7 Å². The average Bonchev–Trinajstić information content (AvgIpc) is 2.48. The first-order valence-electron chi connectivity index (χ1n) is 6.35. The molecular weight excluding hydrogens is 272 g/mol. The number of nitro groups is 1. The molecule has 0 unspecified atom stereocenters. The van der Waals surface area contributed by atoms with Crippen molar-refractivity contribution >= 4 is 23.0 Å². The van der Waals surface area contributed by atoms with E-state index in [0.29, 0.717) is 17.9 Å². The number of nitro benzene ring substituents is 1. The summed E-state index contributed by atoms with van der Waals surface area (Å²) < 4.78 is 0. The van der Waals surface area contributed by atoms with Gasteiger partial charge in [-0.05, 0) is 31.2 Å². The largest absolute Gasteiger partial charge is 0.385 e. The summed E-state index contributed by atoms with van der Waals surface area (Å²) in [4.78, 5) is 26.5. The monoisotopic (exact) mass is 286 g/mol. The number of hydrogen-bond acceptors (Lipinski definition) is 5. The van der Waals surface area contributed by atoms with E-state index >= 15 is 0 Å². The van der Waals surface area contributed by atoms with Gasteiger partial charge in [-0.2, -0.15) is 0 Å². The summed E-state index contributed by atoms with van der Waals surface area (Å²) in [6.45, 7) is 2.56. The highest BCUT2D eigenvalue weighted by atomic mass is 16.6. The fraction of sp³-hybridized carbons (Fsp3) is 0.143. The van der Waals surface area contributed by atoms with Crippen molar-refractivity contribution < 1.29 is 9.72 Å². The van der Waals surface area contributed by atoms with E-state index in [1.54, 1.807) is 18.2 Å². The van der Waals surface area contributed by atoms with Gasteiger partial charge < -0.3 is 10.6 Å². The van der Waals surface area contributed by atoms with E-state index in [-0.39, 0.29) is 11.3 Å². The summed E-state index contributed by atoms with van der Waals surface area (Å²) in [5.74, 6) is -0.535. The topological polar surface area (TPSA) is 97.2 Å². The minimum absolute atomic E-state index is 0.00950. The number of pyridine rings is 1. The molecule has 1 aromatic heterocycles. The molecule has 0 aliphatic rings. The van der Waals surface area contributed by atoms with Crippen molar-refractivity contribution in [1.82, 2.24) is 4.98 Å². The standard InChI is InChI=1S/C14H14N4O3/c1-2-16-11-3-4-13(18(20)21)12(9-11)14(19)17-10-5-7-15-8-6-10/h3-9,16H,2H2,1H3,(H,15,17,19). The average molecular weight is 286 g/mol. The fourth-order valence-corrected chi connectivity index (χ4v) is 1.82. The number of carbonyl (C=O) groups excluding carboxylic acids is 1. The van der Waals surface area contributed by atoms with E-state index in [4.69, 9.17) is 0 Å². The molecule has 0 aliphatic heterocycles. The Balaban J connectivity index is 2.33. The molecule has 0 saturated heterocycles. The third kappa shape index (κ3) is 3.53. The van der Waals surface area contributed by atoms with Crippen LogP contribution in [-0.2, 0) is 0 Å². The van der Waals surface area contributed by atoms with Crippen molar-refractivity contribution in [1.29, 1.82) is 0 Å². The Hall–Kier alpha value is -2.96. The van der Waals surface area contributed by atoms with Gasteiger partial charge in [0.25, 0.3) is 11.6 Å². The van der Waals surface area contributed by atoms with Gasteiger partial charge in [-0.1, -0.05) is 0 Å². The smallest absolute Gasteiger partial charge is 0.282 e. The zero-order chi connectivity index (χ0) is 15.2. The molecule has 1 aromatic carbocycles. The van der Waals surface area contributed by atoms with Crippen LogP contribution in [0.3, 0.4) is 0 Å². The highest BCUT2D eigenvalue weighted by Crippen LogP contribution is 2.23. The Kier molecular flexibility index (Phi) is 4.45. The number of benzene rings is 1. The van der Waals surface area contributed by atoms with E-state index in [1.807, 2.05) is 6.92 Å². The third-order valence-corrected chi connectivity index (χ3v) is 2.76. The Morgan fingerprint density at radius 3 is 2.57 bits per heavy atom. The number of anilines is 2. The number of hydrogen-bond donors (Lipinski definition) is 2. The SMILES string of the molecule is CCNc1ccc([N+](=O)[O-])c(C(=O)Nc2ccncc2)c1. The number of rotatable bonds is 5. The third-order valence-electron chi connectivity index (χ3n) is 2.76. The number of nitrogens with zero attached hydrogens (tertiary/aromatic N) is 2. The minimum Gasteiger partial charge on any atom is -0.385 e. The molecular formula is C14H14N4O3. The number of carbonyl (C=O) groups is 1. The molecule has 1 heterocycles. The van der Waals surface area contributed by atoms with Crippen LogP contribution in [0.2, 0.25) is 0 Å². The molecule has 2 rings (SSSR count). The summed E-state index contributed by atoms with van der Waals surface area (Å²) in [6, 6.07) is 7.58. The lowest BCUT2D eigenvalue weighted by Gasteiger charge is -2.08. The van der Waals surface area contributed by atoms with Gasteiger partial charge in [0.2, 0.25) is 0 Å². The van der Waals surface area contributed by atoms with Crippen LogP contribution in [0.1, 0.15) is 17.3 Å². The van der Waals surface area contributed by atoms with Gasteiger partial charge in [-0.25, -0.2) is 0 Å². The Bertz CT molecular complexity index is 659. The molecule has 7 nitrogen and oxygen atoms in total. The maximum atomic E-state index is 12.2. The quantitative estimate of drug-likeness (QED) is 0.650. The second-order valence-electron chi connectivity index (χ2n) is 4.21. The second kappa shape index (κ2) is 6.47. The molecule has 108 valence electrons. The molecule has 2 aromatic rings. The number of aromatic nitrogens is 1. The van der Waals surface area contributed by atoms with Crippen molar-refractivity contribution in [3.8, 4) is 0 Å². The molecule has 0 saturated carbocycles. The first-order chi connectivity index (χ1) is 10.1. The summed E-state index contributed by atoms with van der Waals surface area (Å²) in [5, 5.41) is 16.7. The molecule has 2 N–H and O–H groups in total. The molecule has 1 amide bonds. The summed E-state index contributed by atoms with van der Waals surface area (Å²) in [6.07, 6.45) is 3.05. The van der Waals surface area contributed by atoms with Crippen molar-refractivity contribution in [2.24, 2.45) is 0 Å². The maximum absolute atomic E-state index is 12.2. The Morgan fingerprint density at radius 2 is 1.95 bits per heavy atom. The maximum Gasteiger partial charge on any atom is 0.282 e. The molecule has 0 fully saturated rings. The minimum atomic E-state index is -0.572.